The van der Waals surface area contributed by atoms with Crippen molar-refractivity contribution in [1.29, 1.82) is 0 Å². The summed E-state index contributed by atoms with van der Waals surface area (Å²) in [5, 5.41) is 4.24. The van der Waals surface area contributed by atoms with Crippen molar-refractivity contribution < 1.29 is 13.2 Å². The molecule has 4 nitrogen and oxygen atoms in total. The van der Waals surface area contributed by atoms with E-state index in [9.17, 15) is 13.2 Å². The SMILES string of the molecule is Cn1cc(CN2CCC[C@@H](c3cccc(Cc4ccc(C(F)(F)F)cc4)n3)C2)cn1. The van der Waals surface area contributed by atoms with Crippen LogP contribution in [0.25, 0.3) is 0 Å². The van der Waals surface area contributed by atoms with Crippen LogP contribution < -0.4 is 0 Å². The molecule has 1 atom stereocenters. The minimum absolute atomic E-state index is 0.364. The van der Waals surface area contributed by atoms with E-state index in [1.165, 1.54) is 17.7 Å². The average molecular weight is 414 g/mol. The van der Waals surface area contributed by atoms with Gasteiger partial charge < -0.3 is 0 Å². The van der Waals surface area contributed by atoms with Crippen molar-refractivity contribution in [2.45, 2.75) is 37.9 Å². The topological polar surface area (TPSA) is 34.0 Å². The minimum atomic E-state index is -4.31. The predicted octanol–water partition coefficient (Wildman–Crippen LogP) is 4.80. The first-order valence-corrected chi connectivity index (χ1v) is 10.2. The lowest BCUT2D eigenvalue weighted by Crippen LogP contribution is -2.34. The minimum Gasteiger partial charge on any atom is -0.298 e. The van der Waals surface area contributed by atoms with Crippen LogP contribution in [0.4, 0.5) is 13.2 Å². The van der Waals surface area contributed by atoms with Gasteiger partial charge in [-0.15, -0.1) is 0 Å². The molecule has 3 aromatic rings. The van der Waals surface area contributed by atoms with Crippen LogP contribution in [0.15, 0.2) is 54.9 Å². The standard InChI is InChI=1S/C23H25F3N4/c1-29-14-18(13-27-29)15-30-11-3-4-19(16-30)22-6-2-5-21(28-22)12-17-7-9-20(10-8-17)23(24,25)26/h2,5-10,13-14,19H,3-4,11-12,15-16H2,1H3/t19-/m1/s1. The van der Waals surface area contributed by atoms with Gasteiger partial charge >= 0.3 is 6.18 Å². The molecule has 2 aromatic heterocycles. The molecule has 4 rings (SSSR count). The molecule has 1 saturated heterocycles. The Bertz CT molecular complexity index is 979. The molecule has 0 spiro atoms. The Balaban J connectivity index is 1.42. The van der Waals surface area contributed by atoms with Crippen LogP contribution in [0, 0.1) is 0 Å². The third-order valence-electron chi connectivity index (χ3n) is 5.58. The lowest BCUT2D eigenvalue weighted by atomic mass is 9.93. The zero-order chi connectivity index (χ0) is 21.1. The molecule has 1 fully saturated rings. The van der Waals surface area contributed by atoms with Gasteiger partial charge in [0.2, 0.25) is 0 Å². The van der Waals surface area contributed by atoms with E-state index in [1.807, 2.05) is 36.3 Å². The van der Waals surface area contributed by atoms with Crippen molar-refractivity contribution in [3.63, 3.8) is 0 Å². The molecular formula is C23H25F3N4. The summed E-state index contributed by atoms with van der Waals surface area (Å²) in [5.41, 5.74) is 3.37. The molecule has 158 valence electrons. The first-order chi connectivity index (χ1) is 14.4. The second-order valence-corrected chi connectivity index (χ2v) is 8.02. The molecule has 1 aliphatic rings. The Morgan fingerprint density at radius 3 is 2.57 bits per heavy atom. The molecule has 0 radical (unpaired) electrons. The van der Waals surface area contributed by atoms with Crippen molar-refractivity contribution in [2.24, 2.45) is 7.05 Å². The van der Waals surface area contributed by atoms with Crippen LogP contribution in [0.5, 0.6) is 0 Å². The molecule has 1 aromatic carbocycles. The van der Waals surface area contributed by atoms with E-state index < -0.39 is 11.7 Å². The molecule has 1 aliphatic heterocycles. The number of aryl methyl sites for hydroxylation is 1. The zero-order valence-corrected chi connectivity index (χ0v) is 16.9. The van der Waals surface area contributed by atoms with E-state index in [0.29, 0.717) is 12.3 Å². The van der Waals surface area contributed by atoms with Crippen molar-refractivity contribution in [1.82, 2.24) is 19.7 Å². The van der Waals surface area contributed by atoms with Gasteiger partial charge in [0.1, 0.15) is 0 Å². The lowest BCUT2D eigenvalue weighted by molar-refractivity contribution is -0.137. The number of nitrogens with zero attached hydrogens (tertiary/aromatic N) is 4. The molecule has 0 saturated carbocycles. The number of piperidine rings is 1. The third kappa shape index (κ3) is 5.08. The van der Waals surface area contributed by atoms with Gasteiger partial charge in [-0.1, -0.05) is 18.2 Å². The van der Waals surface area contributed by atoms with Gasteiger partial charge in [-0.2, -0.15) is 18.3 Å². The normalized spacial score (nSPS) is 17.9. The monoisotopic (exact) mass is 414 g/mol. The van der Waals surface area contributed by atoms with Gasteiger partial charge in [0.15, 0.2) is 0 Å². The van der Waals surface area contributed by atoms with E-state index in [2.05, 4.69) is 16.1 Å². The Morgan fingerprint density at radius 1 is 1.07 bits per heavy atom. The van der Waals surface area contributed by atoms with Gasteiger partial charge in [0, 0.05) is 55.6 Å². The predicted molar refractivity (Wildman–Crippen MR) is 109 cm³/mol. The molecule has 0 N–H and O–H groups in total. The quantitative estimate of drug-likeness (QED) is 0.601. The summed E-state index contributed by atoms with van der Waals surface area (Å²) >= 11 is 0. The zero-order valence-electron chi connectivity index (χ0n) is 16.9. The number of hydrogen-bond acceptors (Lipinski definition) is 3. The van der Waals surface area contributed by atoms with Gasteiger partial charge in [-0.3, -0.25) is 14.6 Å². The van der Waals surface area contributed by atoms with Crippen LogP contribution >= 0.6 is 0 Å². The number of likely N-dealkylation sites (tertiary alicyclic amines) is 1. The molecule has 7 heteroatoms. The van der Waals surface area contributed by atoms with E-state index in [1.54, 1.807) is 0 Å². The van der Waals surface area contributed by atoms with Crippen molar-refractivity contribution >= 4 is 0 Å². The molecule has 0 amide bonds. The summed E-state index contributed by atoms with van der Waals surface area (Å²) in [6, 6.07) is 11.3. The summed E-state index contributed by atoms with van der Waals surface area (Å²) in [5.74, 6) is 0.364. The lowest BCUT2D eigenvalue weighted by Gasteiger charge is -2.32. The maximum absolute atomic E-state index is 12.8. The number of hydrogen-bond donors (Lipinski definition) is 0. The maximum Gasteiger partial charge on any atom is 0.416 e. The fourth-order valence-corrected chi connectivity index (χ4v) is 4.10. The molecule has 3 heterocycles. The Morgan fingerprint density at radius 2 is 1.87 bits per heavy atom. The van der Waals surface area contributed by atoms with Gasteiger partial charge in [0.05, 0.1) is 11.8 Å². The Hall–Kier alpha value is -2.67. The summed E-state index contributed by atoms with van der Waals surface area (Å²) < 4.78 is 40.1. The second kappa shape index (κ2) is 8.60. The molecular weight excluding hydrogens is 389 g/mol. The summed E-state index contributed by atoms with van der Waals surface area (Å²) in [4.78, 5) is 7.28. The fourth-order valence-electron chi connectivity index (χ4n) is 4.10. The number of benzene rings is 1. The van der Waals surface area contributed by atoms with Crippen molar-refractivity contribution in [2.75, 3.05) is 13.1 Å². The van der Waals surface area contributed by atoms with Gasteiger partial charge in [-0.25, -0.2) is 0 Å². The fraction of sp³-hybridized carbons (Fsp3) is 0.391. The van der Waals surface area contributed by atoms with Crippen molar-refractivity contribution in [3.8, 4) is 0 Å². The Labute approximate surface area is 174 Å². The van der Waals surface area contributed by atoms with E-state index in [4.69, 9.17) is 4.98 Å². The number of alkyl halides is 3. The molecule has 0 unspecified atom stereocenters. The average Bonchev–Trinajstić information content (AvgIpc) is 3.13. The van der Waals surface area contributed by atoms with E-state index in [0.717, 1.165) is 61.6 Å². The summed E-state index contributed by atoms with van der Waals surface area (Å²) in [7, 11) is 1.93. The summed E-state index contributed by atoms with van der Waals surface area (Å²) in [6.07, 6.45) is 2.40. The van der Waals surface area contributed by atoms with Crippen LogP contribution in [0.3, 0.4) is 0 Å². The van der Waals surface area contributed by atoms with E-state index in [-0.39, 0.29) is 0 Å². The molecule has 0 bridgehead atoms. The number of rotatable bonds is 5. The van der Waals surface area contributed by atoms with Gasteiger partial charge in [0.25, 0.3) is 0 Å². The van der Waals surface area contributed by atoms with Crippen molar-refractivity contribution in [3.05, 3.63) is 82.9 Å². The second-order valence-electron chi connectivity index (χ2n) is 8.02. The highest BCUT2D eigenvalue weighted by Gasteiger charge is 2.30. The summed E-state index contributed by atoms with van der Waals surface area (Å²) in [6.45, 7) is 2.90. The number of aromatic nitrogens is 3. The number of halogens is 3. The maximum atomic E-state index is 12.8. The Kier molecular flexibility index (Phi) is 5.90. The highest BCUT2D eigenvalue weighted by molar-refractivity contribution is 5.28. The smallest absolute Gasteiger partial charge is 0.298 e. The number of pyridine rings is 1. The third-order valence-corrected chi connectivity index (χ3v) is 5.58. The van der Waals surface area contributed by atoms with Crippen LogP contribution in [-0.4, -0.2) is 32.8 Å². The van der Waals surface area contributed by atoms with Crippen LogP contribution in [0.2, 0.25) is 0 Å². The van der Waals surface area contributed by atoms with E-state index >= 15 is 0 Å². The largest absolute Gasteiger partial charge is 0.416 e. The molecule has 0 aliphatic carbocycles. The molecule has 30 heavy (non-hydrogen) atoms. The van der Waals surface area contributed by atoms with Crippen LogP contribution in [0.1, 0.15) is 46.8 Å². The van der Waals surface area contributed by atoms with Gasteiger partial charge in [-0.05, 0) is 49.2 Å². The van der Waals surface area contributed by atoms with Crippen LogP contribution in [-0.2, 0) is 26.2 Å². The highest BCUT2D eigenvalue weighted by atomic mass is 19.4. The highest BCUT2D eigenvalue weighted by Crippen LogP contribution is 2.30. The first kappa shape index (κ1) is 20.6. The first-order valence-electron chi connectivity index (χ1n) is 10.2.